The smallest absolute Gasteiger partial charge is 0.326 e. The molecule has 0 bridgehead atoms. The minimum Gasteiger partial charge on any atom is -0.480 e. The number of amides is 3. The van der Waals surface area contributed by atoms with Crippen molar-refractivity contribution in [2.24, 2.45) is 5.73 Å². The topological polar surface area (TPSA) is 228 Å². The van der Waals surface area contributed by atoms with Gasteiger partial charge in [0.15, 0.2) is 0 Å². The van der Waals surface area contributed by atoms with Crippen molar-refractivity contribution >= 4 is 23.7 Å². The molecule has 5 unspecified atom stereocenters. The Hall–Kier alpha value is -3.78. The molecule has 2 rings (SSSR count). The van der Waals surface area contributed by atoms with E-state index in [0.29, 0.717) is 11.4 Å². The first-order valence-electron chi connectivity index (χ1n) is 10.1. The molecular formula is C19H28N8O6. The number of aromatic amines is 2. The second-order valence-electron chi connectivity index (χ2n) is 7.52. The molecule has 0 aliphatic carbocycles. The first-order valence-corrected chi connectivity index (χ1v) is 10.1. The number of carbonyl (C=O) groups excluding carboxylic acids is 3. The molecule has 0 aromatic carbocycles. The van der Waals surface area contributed by atoms with E-state index >= 15 is 0 Å². The first kappa shape index (κ1) is 25.5. The largest absolute Gasteiger partial charge is 0.480 e. The Morgan fingerprint density at radius 3 is 1.88 bits per heavy atom. The van der Waals surface area contributed by atoms with E-state index in [4.69, 9.17) is 5.73 Å². The van der Waals surface area contributed by atoms with Crippen LogP contribution in [-0.4, -0.2) is 84.1 Å². The number of H-pyrrole nitrogens is 2. The lowest BCUT2D eigenvalue weighted by molar-refractivity contribution is -0.142. The van der Waals surface area contributed by atoms with Gasteiger partial charge in [0.25, 0.3) is 0 Å². The van der Waals surface area contributed by atoms with Gasteiger partial charge in [0.05, 0.1) is 18.8 Å². The highest BCUT2D eigenvalue weighted by atomic mass is 16.4. The zero-order chi connectivity index (χ0) is 24.5. The van der Waals surface area contributed by atoms with Crippen LogP contribution >= 0.6 is 0 Å². The Bertz CT molecular complexity index is 930. The molecule has 2 heterocycles. The summed E-state index contributed by atoms with van der Waals surface area (Å²) in [7, 11) is 0. The van der Waals surface area contributed by atoms with Gasteiger partial charge in [-0.25, -0.2) is 14.8 Å². The number of rotatable bonds is 12. The van der Waals surface area contributed by atoms with E-state index in [0.717, 1.165) is 0 Å². The number of carboxylic acid groups (broad SMARTS) is 1. The monoisotopic (exact) mass is 464 g/mol. The lowest BCUT2D eigenvalue weighted by Crippen LogP contribution is -2.58. The number of aliphatic carboxylic acids is 1. The molecule has 0 saturated heterocycles. The van der Waals surface area contributed by atoms with Crippen molar-refractivity contribution in [3.63, 3.8) is 0 Å². The zero-order valence-corrected chi connectivity index (χ0v) is 18.1. The molecule has 0 saturated carbocycles. The summed E-state index contributed by atoms with van der Waals surface area (Å²) in [5.41, 5.74) is 6.67. The molecule has 14 nitrogen and oxygen atoms in total. The van der Waals surface area contributed by atoms with E-state index in [1.165, 1.54) is 38.9 Å². The Labute approximate surface area is 188 Å². The van der Waals surface area contributed by atoms with Gasteiger partial charge in [0.2, 0.25) is 17.7 Å². The summed E-state index contributed by atoms with van der Waals surface area (Å²) >= 11 is 0. The minimum atomic E-state index is -1.26. The van der Waals surface area contributed by atoms with Gasteiger partial charge >= 0.3 is 5.97 Å². The molecule has 9 N–H and O–H groups in total. The third-order valence-corrected chi connectivity index (χ3v) is 4.78. The van der Waals surface area contributed by atoms with Gasteiger partial charge in [0, 0.05) is 36.6 Å². The average molecular weight is 464 g/mol. The van der Waals surface area contributed by atoms with Crippen LogP contribution in [0.15, 0.2) is 25.0 Å². The zero-order valence-electron chi connectivity index (χ0n) is 18.1. The molecule has 3 amide bonds. The fourth-order valence-corrected chi connectivity index (χ4v) is 2.81. The highest BCUT2D eigenvalue weighted by Gasteiger charge is 2.30. The van der Waals surface area contributed by atoms with Crippen molar-refractivity contribution in [1.82, 2.24) is 35.9 Å². The second kappa shape index (κ2) is 11.7. The van der Waals surface area contributed by atoms with Crippen LogP contribution in [0.25, 0.3) is 0 Å². The number of nitrogens with zero attached hydrogens (tertiary/aromatic N) is 2. The van der Waals surface area contributed by atoms with Gasteiger partial charge in [-0.2, -0.15) is 0 Å². The summed E-state index contributed by atoms with van der Waals surface area (Å²) in [6, 6.07) is -4.77. The van der Waals surface area contributed by atoms with Crippen LogP contribution in [0.3, 0.4) is 0 Å². The van der Waals surface area contributed by atoms with Gasteiger partial charge in [-0.1, -0.05) is 0 Å². The van der Waals surface area contributed by atoms with Crippen LogP contribution in [0, 0.1) is 0 Å². The molecule has 5 atom stereocenters. The predicted molar refractivity (Wildman–Crippen MR) is 113 cm³/mol. The molecule has 2 aromatic rings. The Morgan fingerprint density at radius 1 is 0.909 bits per heavy atom. The van der Waals surface area contributed by atoms with Crippen molar-refractivity contribution < 1.29 is 29.4 Å². The summed E-state index contributed by atoms with van der Waals surface area (Å²) in [5, 5.41) is 26.2. The van der Waals surface area contributed by atoms with Gasteiger partial charge in [-0.3, -0.25) is 14.4 Å². The number of hydrogen-bond acceptors (Lipinski definition) is 8. The van der Waals surface area contributed by atoms with Gasteiger partial charge in [-0.05, 0) is 13.8 Å². The quantitative estimate of drug-likeness (QED) is 0.162. The molecule has 180 valence electrons. The summed E-state index contributed by atoms with van der Waals surface area (Å²) in [4.78, 5) is 62.3. The summed E-state index contributed by atoms with van der Waals surface area (Å²) in [6.45, 7) is 2.71. The van der Waals surface area contributed by atoms with Crippen molar-refractivity contribution in [3.8, 4) is 0 Å². The van der Waals surface area contributed by atoms with Crippen molar-refractivity contribution in [3.05, 3.63) is 36.4 Å². The summed E-state index contributed by atoms with van der Waals surface area (Å²) < 4.78 is 0. The van der Waals surface area contributed by atoms with Crippen LogP contribution in [0.2, 0.25) is 0 Å². The van der Waals surface area contributed by atoms with E-state index in [9.17, 15) is 29.4 Å². The highest BCUT2D eigenvalue weighted by molar-refractivity contribution is 5.94. The number of aromatic nitrogens is 4. The summed E-state index contributed by atoms with van der Waals surface area (Å²) in [6.07, 6.45) is 4.52. The number of imidazole rings is 2. The van der Waals surface area contributed by atoms with E-state index in [-0.39, 0.29) is 12.8 Å². The van der Waals surface area contributed by atoms with E-state index < -0.39 is 54.0 Å². The van der Waals surface area contributed by atoms with Crippen LogP contribution in [0.4, 0.5) is 0 Å². The normalized spacial score (nSPS) is 15.5. The highest BCUT2D eigenvalue weighted by Crippen LogP contribution is 2.03. The first-order chi connectivity index (χ1) is 15.6. The van der Waals surface area contributed by atoms with Crippen molar-refractivity contribution in [1.29, 1.82) is 0 Å². The number of carbonyl (C=O) groups is 4. The van der Waals surface area contributed by atoms with Crippen molar-refractivity contribution in [2.75, 3.05) is 0 Å². The average Bonchev–Trinajstić information content (AvgIpc) is 3.45. The Kier molecular flexibility index (Phi) is 9.06. The number of nitrogens with two attached hydrogens (primary N) is 1. The van der Waals surface area contributed by atoms with Crippen LogP contribution in [0.1, 0.15) is 25.2 Å². The minimum absolute atomic E-state index is 0.00994. The molecule has 0 aliphatic heterocycles. The molecular weight excluding hydrogens is 436 g/mol. The lowest BCUT2D eigenvalue weighted by atomic mass is 10.1. The van der Waals surface area contributed by atoms with Gasteiger partial charge in [-0.15, -0.1) is 0 Å². The molecule has 2 aromatic heterocycles. The van der Waals surface area contributed by atoms with E-state index in [1.54, 1.807) is 0 Å². The maximum Gasteiger partial charge on any atom is 0.326 e. The molecule has 0 spiro atoms. The molecule has 33 heavy (non-hydrogen) atoms. The van der Waals surface area contributed by atoms with E-state index in [2.05, 4.69) is 35.9 Å². The fourth-order valence-electron chi connectivity index (χ4n) is 2.81. The standard InChI is InChI=1S/C19H28N8O6/c1-9(16(29)27-14(19(32)33)4-12-6-22-8-24-12)25-17(30)13(3-11-5-21-7-23-11)26-18(31)15(20)10(2)28/h5-10,13-15,28H,3-4,20H2,1-2H3,(H,21,23)(H,22,24)(H,25,30)(H,26,31)(H,27,29)(H,32,33). The Morgan fingerprint density at radius 2 is 1.42 bits per heavy atom. The number of hydrogen-bond donors (Lipinski definition) is 8. The van der Waals surface area contributed by atoms with Crippen LogP contribution < -0.4 is 21.7 Å². The molecule has 0 radical (unpaired) electrons. The second-order valence-corrected chi connectivity index (χ2v) is 7.52. The van der Waals surface area contributed by atoms with E-state index in [1.807, 2.05) is 0 Å². The predicted octanol–water partition coefficient (Wildman–Crippen LogP) is -2.81. The maximum atomic E-state index is 12.8. The lowest BCUT2D eigenvalue weighted by Gasteiger charge is -2.23. The van der Waals surface area contributed by atoms with Crippen LogP contribution in [-0.2, 0) is 32.0 Å². The van der Waals surface area contributed by atoms with Crippen LogP contribution in [0.5, 0.6) is 0 Å². The van der Waals surface area contributed by atoms with Gasteiger partial charge in [0.1, 0.15) is 24.2 Å². The Balaban J connectivity index is 2.03. The molecule has 0 fully saturated rings. The third-order valence-electron chi connectivity index (χ3n) is 4.78. The number of aliphatic hydroxyl groups is 1. The maximum absolute atomic E-state index is 12.8. The molecule has 0 aliphatic rings. The third kappa shape index (κ3) is 7.69. The van der Waals surface area contributed by atoms with Gasteiger partial charge < -0.3 is 41.9 Å². The molecule has 14 heteroatoms. The summed E-state index contributed by atoms with van der Waals surface area (Å²) in [5.74, 6) is -3.46. The number of aliphatic hydroxyl groups excluding tert-OH is 1. The van der Waals surface area contributed by atoms with Crippen molar-refractivity contribution in [2.45, 2.75) is 57.0 Å². The number of nitrogens with one attached hydrogen (secondary N) is 5. The fraction of sp³-hybridized carbons (Fsp3) is 0.474. The SMILES string of the molecule is CC(NC(=O)C(Cc1cnc[nH]1)NC(=O)C(N)C(C)O)C(=O)NC(Cc1cnc[nH]1)C(=O)O. The number of carboxylic acids is 1.